The summed E-state index contributed by atoms with van der Waals surface area (Å²) in [6.45, 7) is 9.16. The van der Waals surface area contributed by atoms with E-state index in [1.54, 1.807) is 6.08 Å². The summed E-state index contributed by atoms with van der Waals surface area (Å²) in [6, 6.07) is 0. The standard InChI is InChI=1S/C8H11/c1-4-5-6-7-8(2)3/h4-7H,1-2H2,3H3/b6-5-,8-7+. The van der Waals surface area contributed by atoms with Crippen molar-refractivity contribution in [2.75, 3.05) is 0 Å². The summed E-state index contributed by atoms with van der Waals surface area (Å²) >= 11 is 0. The number of rotatable bonds is 2. The lowest BCUT2D eigenvalue weighted by atomic mass is 10.3. The lowest BCUT2D eigenvalue weighted by molar-refractivity contribution is 1.53. The van der Waals surface area contributed by atoms with Gasteiger partial charge in [0.25, 0.3) is 0 Å². The predicted octanol–water partition coefficient (Wildman–Crippen LogP) is 2.51. The minimum atomic E-state index is 1.06. The quantitative estimate of drug-likeness (QED) is 0.475. The van der Waals surface area contributed by atoms with Gasteiger partial charge in [0.1, 0.15) is 0 Å². The fraction of sp³-hybridized carbons (Fsp3) is 0.125. The van der Waals surface area contributed by atoms with E-state index in [1.165, 1.54) is 0 Å². The summed E-state index contributed by atoms with van der Waals surface area (Å²) in [4.78, 5) is 0. The molecular formula is C8H11. The molecule has 1 radical (unpaired) electrons. The monoisotopic (exact) mass is 107 g/mol. The smallest absolute Gasteiger partial charge is 0.0283 e. The second-order valence-electron chi connectivity index (χ2n) is 1.63. The van der Waals surface area contributed by atoms with Gasteiger partial charge in [0, 0.05) is 0 Å². The zero-order valence-electron chi connectivity index (χ0n) is 5.22. The van der Waals surface area contributed by atoms with Crippen molar-refractivity contribution in [1.29, 1.82) is 0 Å². The molecule has 0 spiro atoms. The summed E-state index contributed by atoms with van der Waals surface area (Å²) in [5, 5.41) is 0. The first-order valence-corrected chi connectivity index (χ1v) is 2.55. The van der Waals surface area contributed by atoms with Gasteiger partial charge >= 0.3 is 0 Å². The van der Waals surface area contributed by atoms with E-state index >= 15 is 0 Å². The Labute approximate surface area is 51.2 Å². The summed E-state index contributed by atoms with van der Waals surface area (Å²) in [6.07, 6.45) is 7.45. The lowest BCUT2D eigenvalue weighted by Gasteiger charge is -1.78. The van der Waals surface area contributed by atoms with Crippen LogP contribution >= 0.6 is 0 Å². The molecule has 0 amide bonds. The van der Waals surface area contributed by atoms with Gasteiger partial charge in [0.15, 0.2) is 0 Å². The van der Waals surface area contributed by atoms with Crippen LogP contribution in [0.3, 0.4) is 0 Å². The molecule has 0 unspecified atom stereocenters. The van der Waals surface area contributed by atoms with E-state index in [2.05, 4.69) is 13.5 Å². The first-order valence-electron chi connectivity index (χ1n) is 2.55. The van der Waals surface area contributed by atoms with Gasteiger partial charge in [-0.15, -0.1) is 0 Å². The summed E-state index contributed by atoms with van der Waals surface area (Å²) in [5.41, 5.74) is 1.06. The third-order valence-electron chi connectivity index (χ3n) is 0.628. The van der Waals surface area contributed by atoms with Crippen LogP contribution in [0.4, 0.5) is 0 Å². The normalized spacial score (nSPS) is 12.5. The maximum Gasteiger partial charge on any atom is -0.0283 e. The van der Waals surface area contributed by atoms with Gasteiger partial charge < -0.3 is 0 Å². The van der Waals surface area contributed by atoms with Crippen LogP contribution in [0.1, 0.15) is 6.92 Å². The van der Waals surface area contributed by atoms with Gasteiger partial charge in [-0.3, -0.25) is 0 Å². The van der Waals surface area contributed by atoms with Crippen molar-refractivity contribution in [3.8, 4) is 0 Å². The van der Waals surface area contributed by atoms with E-state index in [0.717, 1.165) is 5.57 Å². The van der Waals surface area contributed by atoms with Crippen LogP contribution in [0, 0.1) is 6.92 Å². The van der Waals surface area contributed by atoms with Crippen LogP contribution in [-0.2, 0) is 0 Å². The second kappa shape index (κ2) is 4.38. The predicted molar refractivity (Wildman–Crippen MR) is 38.5 cm³/mol. The largest absolute Gasteiger partial charge is 0.0991 e. The molecule has 0 aliphatic rings. The van der Waals surface area contributed by atoms with Crippen molar-refractivity contribution in [2.24, 2.45) is 0 Å². The zero-order chi connectivity index (χ0) is 6.41. The van der Waals surface area contributed by atoms with E-state index < -0.39 is 0 Å². The molecule has 0 aromatic heterocycles. The van der Waals surface area contributed by atoms with E-state index in [4.69, 9.17) is 0 Å². The van der Waals surface area contributed by atoms with Gasteiger partial charge in [-0.2, -0.15) is 0 Å². The highest BCUT2D eigenvalue weighted by molar-refractivity contribution is 5.15. The Balaban J connectivity index is 3.57. The molecule has 0 heteroatoms. The Morgan fingerprint density at radius 2 is 2.00 bits per heavy atom. The van der Waals surface area contributed by atoms with E-state index in [0.29, 0.717) is 0 Å². The molecule has 0 heterocycles. The van der Waals surface area contributed by atoms with Crippen molar-refractivity contribution in [2.45, 2.75) is 6.92 Å². The number of allylic oxidation sites excluding steroid dienone is 5. The van der Waals surface area contributed by atoms with Crippen LogP contribution in [0.15, 0.2) is 36.5 Å². The van der Waals surface area contributed by atoms with Gasteiger partial charge in [0.2, 0.25) is 0 Å². The number of hydrogen-bond donors (Lipinski definition) is 0. The minimum absolute atomic E-state index is 1.06. The minimum Gasteiger partial charge on any atom is -0.0991 e. The van der Waals surface area contributed by atoms with Crippen LogP contribution in [0.2, 0.25) is 0 Å². The molecule has 0 aromatic carbocycles. The van der Waals surface area contributed by atoms with Crippen molar-refractivity contribution in [1.82, 2.24) is 0 Å². The molecule has 0 atom stereocenters. The fourth-order valence-corrected chi connectivity index (χ4v) is 0.298. The molecule has 0 bridgehead atoms. The van der Waals surface area contributed by atoms with E-state index in [9.17, 15) is 0 Å². The molecule has 43 valence electrons. The van der Waals surface area contributed by atoms with Gasteiger partial charge in [-0.25, -0.2) is 0 Å². The first kappa shape index (κ1) is 7.22. The highest BCUT2D eigenvalue weighted by Crippen LogP contribution is 1.87. The Kier molecular flexibility index (Phi) is 3.95. The second-order valence-corrected chi connectivity index (χ2v) is 1.63. The molecule has 8 heavy (non-hydrogen) atoms. The Hall–Kier alpha value is -0.780. The van der Waals surface area contributed by atoms with E-state index in [1.807, 2.05) is 25.2 Å². The molecule has 0 rings (SSSR count). The lowest BCUT2D eigenvalue weighted by Crippen LogP contribution is -1.57. The third kappa shape index (κ3) is 5.22. The molecule has 0 saturated heterocycles. The molecule has 0 aromatic rings. The van der Waals surface area contributed by atoms with Crippen molar-refractivity contribution >= 4 is 0 Å². The Morgan fingerprint density at radius 1 is 1.38 bits per heavy atom. The van der Waals surface area contributed by atoms with Gasteiger partial charge in [-0.1, -0.05) is 36.5 Å². The first-order chi connectivity index (χ1) is 3.77. The van der Waals surface area contributed by atoms with Crippen LogP contribution in [0.5, 0.6) is 0 Å². The molecule has 0 fully saturated rings. The summed E-state index contributed by atoms with van der Waals surface area (Å²) in [5.74, 6) is 0. The van der Waals surface area contributed by atoms with Crippen LogP contribution in [0.25, 0.3) is 0 Å². The summed E-state index contributed by atoms with van der Waals surface area (Å²) in [7, 11) is 0. The van der Waals surface area contributed by atoms with Crippen molar-refractivity contribution in [3.05, 3.63) is 43.4 Å². The van der Waals surface area contributed by atoms with Gasteiger partial charge in [0.05, 0.1) is 0 Å². The van der Waals surface area contributed by atoms with Crippen LogP contribution < -0.4 is 0 Å². The molecule has 0 N–H and O–H groups in total. The molecule has 0 aliphatic heterocycles. The van der Waals surface area contributed by atoms with Crippen molar-refractivity contribution < 1.29 is 0 Å². The zero-order valence-corrected chi connectivity index (χ0v) is 5.22. The fourth-order valence-electron chi connectivity index (χ4n) is 0.298. The SMILES string of the molecule is [CH2]/C(C)=C\C=C/C=C. The molecule has 0 aliphatic carbocycles. The highest BCUT2D eigenvalue weighted by Gasteiger charge is 1.66. The Bertz CT molecular complexity index is 112. The van der Waals surface area contributed by atoms with E-state index in [-0.39, 0.29) is 0 Å². The molecule has 0 saturated carbocycles. The Morgan fingerprint density at radius 3 is 2.38 bits per heavy atom. The summed E-state index contributed by atoms with van der Waals surface area (Å²) < 4.78 is 0. The van der Waals surface area contributed by atoms with Crippen molar-refractivity contribution in [3.63, 3.8) is 0 Å². The topological polar surface area (TPSA) is 0 Å². The highest BCUT2D eigenvalue weighted by atomic mass is 13.7. The third-order valence-corrected chi connectivity index (χ3v) is 0.628. The maximum absolute atomic E-state index is 3.69. The average molecular weight is 107 g/mol. The molecule has 0 nitrogen and oxygen atoms in total. The maximum atomic E-state index is 3.69. The van der Waals surface area contributed by atoms with Crippen LogP contribution in [-0.4, -0.2) is 0 Å². The number of hydrogen-bond acceptors (Lipinski definition) is 0. The average Bonchev–Trinajstić information content (AvgIpc) is 1.66. The molecular weight excluding hydrogens is 96.1 g/mol. The van der Waals surface area contributed by atoms with Gasteiger partial charge in [-0.05, 0) is 13.8 Å².